The van der Waals surface area contributed by atoms with Gasteiger partial charge in [-0.3, -0.25) is 4.79 Å². The van der Waals surface area contributed by atoms with Gasteiger partial charge in [0.25, 0.3) is 0 Å². The quantitative estimate of drug-likeness (QED) is 0.269. The molecular formula is C30H52O4. The van der Waals surface area contributed by atoms with Crippen molar-refractivity contribution in [1.29, 1.82) is 0 Å². The summed E-state index contributed by atoms with van der Waals surface area (Å²) in [7, 11) is 0. The van der Waals surface area contributed by atoms with E-state index in [1.165, 1.54) is 38.5 Å². The average Bonchev–Trinajstić information content (AvgIpc) is 3.13. The Morgan fingerprint density at radius 1 is 0.824 bits per heavy atom. The lowest BCUT2D eigenvalue weighted by Gasteiger charge is -2.62. The minimum atomic E-state index is -0.273. The van der Waals surface area contributed by atoms with E-state index >= 15 is 0 Å². The van der Waals surface area contributed by atoms with E-state index in [1.807, 2.05) is 0 Å². The number of aliphatic hydroxyl groups is 2. The maximum atomic E-state index is 12.7. The molecule has 0 aliphatic heterocycles. The van der Waals surface area contributed by atoms with Crippen LogP contribution in [0.2, 0.25) is 0 Å². The predicted molar refractivity (Wildman–Crippen MR) is 136 cm³/mol. The number of carbonyl (C=O) groups excluding carboxylic acids is 1. The molecule has 0 saturated heterocycles. The highest BCUT2D eigenvalue weighted by atomic mass is 16.5. The van der Waals surface area contributed by atoms with Crippen molar-refractivity contribution in [3.8, 4) is 0 Å². The molecule has 4 rings (SSSR count). The normalized spacial score (nSPS) is 43.6. The molecule has 196 valence electrons. The van der Waals surface area contributed by atoms with E-state index < -0.39 is 0 Å². The second-order valence-corrected chi connectivity index (χ2v) is 13.0. The van der Waals surface area contributed by atoms with Crippen LogP contribution in [0.5, 0.6) is 0 Å². The Morgan fingerprint density at radius 2 is 1.47 bits per heavy atom. The largest absolute Gasteiger partial charge is 0.462 e. The van der Waals surface area contributed by atoms with Gasteiger partial charge in [-0.1, -0.05) is 65.7 Å². The molecule has 0 bridgehead atoms. The molecule has 0 aromatic heterocycles. The molecule has 9 atom stereocenters. The molecule has 0 aromatic carbocycles. The Morgan fingerprint density at radius 3 is 2.21 bits per heavy atom. The molecule has 0 unspecified atom stereocenters. The molecule has 0 spiro atoms. The van der Waals surface area contributed by atoms with Crippen LogP contribution in [-0.4, -0.2) is 34.5 Å². The Bertz CT molecular complexity index is 679. The highest BCUT2D eigenvalue weighted by Gasteiger charge is 2.63. The summed E-state index contributed by atoms with van der Waals surface area (Å²) < 4.78 is 6.15. The first-order valence-electron chi connectivity index (χ1n) is 14.8. The summed E-state index contributed by atoms with van der Waals surface area (Å²) in [6.07, 6.45) is 18.0. The van der Waals surface area contributed by atoms with E-state index in [0.717, 1.165) is 64.2 Å². The summed E-state index contributed by atoms with van der Waals surface area (Å²) in [5.41, 5.74) is 0.254. The first kappa shape index (κ1) is 26.5. The smallest absolute Gasteiger partial charge is 0.306 e. The van der Waals surface area contributed by atoms with Gasteiger partial charge in [0.2, 0.25) is 0 Å². The summed E-state index contributed by atoms with van der Waals surface area (Å²) in [4.78, 5) is 12.7. The van der Waals surface area contributed by atoms with E-state index in [9.17, 15) is 15.0 Å². The average molecular weight is 477 g/mol. The standard InChI is InChI=1S/C30H52O4/c1-4-5-6-7-8-9-10-11-12-27(33)34-26-14-13-23-28-24(16-18-30(23,26)3)29(2)17-15-22(31)19-21(29)20-25(28)32/h21-26,28,31-32H,4-20H2,1-3H3/t21-,22+,23+,24+,25-,26+,28+,29+,30+/m1/s1. The fourth-order valence-electron chi connectivity index (χ4n) is 8.97. The lowest BCUT2D eigenvalue weighted by molar-refractivity contribution is -0.185. The number of aliphatic hydroxyl groups excluding tert-OH is 2. The number of fused-ring (bicyclic) bond motifs is 5. The van der Waals surface area contributed by atoms with Gasteiger partial charge >= 0.3 is 5.97 Å². The minimum Gasteiger partial charge on any atom is -0.462 e. The molecule has 4 nitrogen and oxygen atoms in total. The summed E-state index contributed by atoms with van der Waals surface area (Å²) in [5, 5.41) is 21.6. The van der Waals surface area contributed by atoms with Crippen molar-refractivity contribution in [3.05, 3.63) is 0 Å². The number of esters is 1. The Balaban J connectivity index is 1.29. The van der Waals surface area contributed by atoms with Gasteiger partial charge < -0.3 is 14.9 Å². The van der Waals surface area contributed by atoms with Crippen molar-refractivity contribution in [2.45, 2.75) is 148 Å². The topological polar surface area (TPSA) is 66.8 Å². The van der Waals surface area contributed by atoms with E-state index in [1.54, 1.807) is 0 Å². The molecule has 4 heteroatoms. The molecule has 0 heterocycles. The van der Waals surface area contributed by atoms with Gasteiger partial charge in [-0.05, 0) is 86.9 Å². The van der Waals surface area contributed by atoms with Gasteiger partial charge in [0.15, 0.2) is 0 Å². The van der Waals surface area contributed by atoms with Gasteiger partial charge in [-0.15, -0.1) is 0 Å². The zero-order chi connectivity index (χ0) is 24.3. The Labute approximate surface area is 208 Å². The molecule has 2 N–H and O–H groups in total. The summed E-state index contributed by atoms with van der Waals surface area (Å²) >= 11 is 0. The van der Waals surface area contributed by atoms with E-state index in [4.69, 9.17) is 4.74 Å². The first-order chi connectivity index (χ1) is 16.3. The number of rotatable bonds is 10. The maximum absolute atomic E-state index is 12.7. The van der Waals surface area contributed by atoms with Crippen LogP contribution in [0.15, 0.2) is 0 Å². The lowest BCUT2D eigenvalue weighted by atomic mass is 9.44. The molecule has 0 amide bonds. The van der Waals surface area contributed by atoms with Crippen molar-refractivity contribution in [1.82, 2.24) is 0 Å². The molecule has 4 saturated carbocycles. The zero-order valence-electron chi connectivity index (χ0n) is 22.3. The van der Waals surface area contributed by atoms with Crippen LogP contribution in [0, 0.1) is 34.5 Å². The number of carbonyl (C=O) groups is 1. The van der Waals surface area contributed by atoms with Crippen molar-refractivity contribution in [3.63, 3.8) is 0 Å². The van der Waals surface area contributed by atoms with Crippen molar-refractivity contribution in [2.75, 3.05) is 0 Å². The number of hydrogen-bond donors (Lipinski definition) is 2. The van der Waals surface area contributed by atoms with Crippen LogP contribution in [0.4, 0.5) is 0 Å². The van der Waals surface area contributed by atoms with Crippen LogP contribution < -0.4 is 0 Å². The second-order valence-electron chi connectivity index (χ2n) is 13.0. The summed E-state index contributed by atoms with van der Waals surface area (Å²) in [5.74, 6) is 1.76. The number of hydrogen-bond acceptors (Lipinski definition) is 4. The number of unbranched alkanes of at least 4 members (excludes halogenated alkanes) is 7. The third-order valence-corrected chi connectivity index (χ3v) is 11.1. The van der Waals surface area contributed by atoms with E-state index in [2.05, 4.69) is 20.8 Å². The minimum absolute atomic E-state index is 0.00234. The Hall–Kier alpha value is -0.610. The van der Waals surface area contributed by atoms with Gasteiger partial charge in [0.1, 0.15) is 6.10 Å². The lowest BCUT2D eigenvalue weighted by Crippen LogP contribution is -2.59. The third kappa shape index (κ3) is 5.24. The van der Waals surface area contributed by atoms with Gasteiger partial charge in [-0.25, -0.2) is 0 Å². The van der Waals surface area contributed by atoms with Crippen LogP contribution in [0.25, 0.3) is 0 Å². The zero-order valence-corrected chi connectivity index (χ0v) is 22.3. The molecule has 4 aliphatic carbocycles. The Kier molecular flexibility index (Phi) is 8.71. The van der Waals surface area contributed by atoms with Crippen LogP contribution >= 0.6 is 0 Å². The van der Waals surface area contributed by atoms with Crippen molar-refractivity contribution in [2.24, 2.45) is 34.5 Å². The van der Waals surface area contributed by atoms with Crippen molar-refractivity contribution < 1.29 is 19.7 Å². The predicted octanol–water partition coefficient (Wildman–Crippen LogP) is 6.80. The van der Waals surface area contributed by atoms with Crippen LogP contribution in [-0.2, 0) is 9.53 Å². The summed E-state index contributed by atoms with van der Waals surface area (Å²) in [6, 6.07) is 0. The summed E-state index contributed by atoms with van der Waals surface area (Å²) in [6.45, 7) is 7.05. The van der Waals surface area contributed by atoms with E-state index in [-0.39, 0.29) is 35.1 Å². The maximum Gasteiger partial charge on any atom is 0.306 e. The monoisotopic (exact) mass is 476 g/mol. The molecular weight excluding hydrogens is 424 g/mol. The second kappa shape index (κ2) is 11.2. The third-order valence-electron chi connectivity index (χ3n) is 11.1. The van der Waals surface area contributed by atoms with Crippen LogP contribution in [0.3, 0.4) is 0 Å². The highest BCUT2D eigenvalue weighted by Crippen LogP contribution is 2.66. The molecule has 0 aromatic rings. The SMILES string of the molecule is CCCCCCCCCCC(=O)O[C@H]1CC[C@H]2[C@@H]3[C@H](O)C[C@H]4C[C@@H](O)CC[C@]4(C)[C@H]3CC[C@]12C. The molecule has 34 heavy (non-hydrogen) atoms. The molecule has 0 radical (unpaired) electrons. The first-order valence-corrected chi connectivity index (χ1v) is 14.8. The molecule has 4 aliphatic rings. The molecule has 4 fully saturated rings. The van der Waals surface area contributed by atoms with Crippen LogP contribution in [0.1, 0.15) is 130 Å². The highest BCUT2D eigenvalue weighted by molar-refractivity contribution is 5.69. The fourth-order valence-corrected chi connectivity index (χ4v) is 8.97. The van der Waals surface area contributed by atoms with Gasteiger partial charge in [-0.2, -0.15) is 0 Å². The van der Waals surface area contributed by atoms with Gasteiger partial charge in [0.05, 0.1) is 12.2 Å². The van der Waals surface area contributed by atoms with Crippen molar-refractivity contribution >= 4 is 5.97 Å². The van der Waals surface area contributed by atoms with Gasteiger partial charge in [0, 0.05) is 11.8 Å². The fraction of sp³-hybridized carbons (Fsp3) is 0.967. The van der Waals surface area contributed by atoms with E-state index in [0.29, 0.717) is 30.1 Å². The number of ether oxygens (including phenoxy) is 1.